The molecule has 122 valence electrons. The highest BCUT2D eigenvalue weighted by atomic mass is 19.4. The topological polar surface area (TPSA) is 47.6 Å². The Hall–Kier alpha value is -2.54. The highest BCUT2D eigenvalue weighted by Gasteiger charge is 2.31. The minimum Gasteiger partial charge on any atom is -0.406 e. The van der Waals surface area contributed by atoms with Gasteiger partial charge in [0.05, 0.1) is 6.61 Å². The maximum atomic E-state index is 12.2. The van der Waals surface area contributed by atoms with E-state index in [0.29, 0.717) is 12.2 Å². The van der Waals surface area contributed by atoms with Crippen LogP contribution in [0.15, 0.2) is 48.5 Å². The number of hydrogen-bond acceptors (Lipinski definition) is 3. The van der Waals surface area contributed by atoms with E-state index in [1.165, 1.54) is 12.1 Å². The van der Waals surface area contributed by atoms with Crippen LogP contribution < -0.4 is 10.1 Å². The van der Waals surface area contributed by atoms with Crippen molar-refractivity contribution < 1.29 is 27.4 Å². The summed E-state index contributed by atoms with van der Waals surface area (Å²) in [6, 6.07) is 11.8. The Morgan fingerprint density at radius 3 is 2.57 bits per heavy atom. The molecule has 0 heterocycles. The Kier molecular flexibility index (Phi) is 5.23. The fourth-order valence-corrected chi connectivity index (χ4v) is 1.94. The van der Waals surface area contributed by atoms with Crippen molar-refractivity contribution in [1.82, 2.24) is 0 Å². The Bertz CT molecular complexity index is 686. The number of anilines is 1. The fourth-order valence-electron chi connectivity index (χ4n) is 1.94. The van der Waals surface area contributed by atoms with E-state index in [1.807, 2.05) is 0 Å². The maximum absolute atomic E-state index is 12.2. The SMILES string of the molecule is COCc1cccc(C(=O)Nc2cccc(OC(F)(F)F)c2)c1. The number of benzene rings is 2. The number of carbonyl (C=O) groups is 1. The number of rotatable bonds is 5. The summed E-state index contributed by atoms with van der Waals surface area (Å²) in [6.07, 6.45) is -4.78. The van der Waals surface area contributed by atoms with E-state index in [1.54, 1.807) is 31.4 Å². The molecule has 0 aromatic heterocycles. The summed E-state index contributed by atoms with van der Waals surface area (Å²) in [6.45, 7) is 0.357. The fraction of sp³-hybridized carbons (Fsp3) is 0.188. The normalized spacial score (nSPS) is 11.1. The van der Waals surface area contributed by atoms with Crippen LogP contribution in [0.5, 0.6) is 5.75 Å². The van der Waals surface area contributed by atoms with Gasteiger partial charge in [0.15, 0.2) is 0 Å². The molecule has 1 N–H and O–H groups in total. The van der Waals surface area contributed by atoms with Gasteiger partial charge in [0.1, 0.15) is 5.75 Å². The van der Waals surface area contributed by atoms with E-state index >= 15 is 0 Å². The summed E-state index contributed by atoms with van der Waals surface area (Å²) >= 11 is 0. The van der Waals surface area contributed by atoms with E-state index in [-0.39, 0.29) is 5.69 Å². The number of hydrogen-bond donors (Lipinski definition) is 1. The summed E-state index contributed by atoms with van der Waals surface area (Å²) < 4.78 is 45.4. The minimum absolute atomic E-state index is 0.203. The average Bonchev–Trinajstić information content (AvgIpc) is 2.46. The summed E-state index contributed by atoms with van der Waals surface area (Å²) in [5, 5.41) is 2.53. The standard InChI is InChI=1S/C16H14F3NO3/c1-22-10-11-4-2-5-12(8-11)15(21)20-13-6-3-7-14(9-13)23-16(17,18)19/h2-9H,10H2,1H3,(H,20,21). The molecule has 4 nitrogen and oxygen atoms in total. The van der Waals surface area contributed by atoms with Crippen LogP contribution in [-0.2, 0) is 11.3 Å². The van der Waals surface area contributed by atoms with Crippen molar-refractivity contribution in [2.45, 2.75) is 13.0 Å². The smallest absolute Gasteiger partial charge is 0.406 e. The molecule has 0 radical (unpaired) electrons. The quantitative estimate of drug-likeness (QED) is 0.904. The van der Waals surface area contributed by atoms with Crippen LogP contribution in [0.25, 0.3) is 0 Å². The molecule has 0 fully saturated rings. The van der Waals surface area contributed by atoms with Gasteiger partial charge >= 0.3 is 6.36 Å². The van der Waals surface area contributed by atoms with Crippen LogP contribution in [0.1, 0.15) is 15.9 Å². The van der Waals surface area contributed by atoms with Gasteiger partial charge in [-0.05, 0) is 29.8 Å². The molecular weight excluding hydrogens is 311 g/mol. The first-order valence-corrected chi connectivity index (χ1v) is 6.62. The second-order valence-corrected chi connectivity index (χ2v) is 4.66. The van der Waals surface area contributed by atoms with Gasteiger partial charge in [0, 0.05) is 24.4 Å². The first-order chi connectivity index (χ1) is 10.9. The van der Waals surface area contributed by atoms with Gasteiger partial charge in [-0.1, -0.05) is 18.2 Å². The van der Waals surface area contributed by atoms with Gasteiger partial charge in [-0.3, -0.25) is 4.79 Å². The van der Waals surface area contributed by atoms with Crippen molar-refractivity contribution >= 4 is 11.6 Å². The zero-order valence-electron chi connectivity index (χ0n) is 12.2. The van der Waals surface area contributed by atoms with Crippen molar-refractivity contribution in [2.75, 3.05) is 12.4 Å². The molecule has 2 aromatic rings. The predicted molar refractivity (Wildman–Crippen MR) is 78.2 cm³/mol. The lowest BCUT2D eigenvalue weighted by Crippen LogP contribution is -2.17. The third-order valence-corrected chi connectivity index (χ3v) is 2.83. The molecule has 2 rings (SSSR count). The molecule has 0 aliphatic carbocycles. The predicted octanol–water partition coefficient (Wildman–Crippen LogP) is 3.98. The van der Waals surface area contributed by atoms with Crippen LogP contribution in [-0.4, -0.2) is 19.4 Å². The Morgan fingerprint density at radius 2 is 1.87 bits per heavy atom. The summed E-state index contributed by atoms with van der Waals surface area (Å²) in [4.78, 5) is 12.2. The first kappa shape index (κ1) is 16.8. The van der Waals surface area contributed by atoms with E-state index in [2.05, 4.69) is 10.1 Å². The molecule has 0 bridgehead atoms. The molecule has 0 atom stereocenters. The zero-order valence-corrected chi connectivity index (χ0v) is 12.2. The Morgan fingerprint density at radius 1 is 1.13 bits per heavy atom. The van der Waals surface area contributed by atoms with E-state index in [9.17, 15) is 18.0 Å². The van der Waals surface area contributed by atoms with E-state index < -0.39 is 18.0 Å². The largest absolute Gasteiger partial charge is 0.573 e. The van der Waals surface area contributed by atoms with E-state index in [4.69, 9.17) is 4.74 Å². The number of amides is 1. The van der Waals surface area contributed by atoms with Crippen molar-refractivity contribution in [3.63, 3.8) is 0 Å². The number of carbonyl (C=O) groups excluding carboxylic acids is 1. The van der Waals surface area contributed by atoms with Crippen LogP contribution in [0, 0.1) is 0 Å². The lowest BCUT2D eigenvalue weighted by molar-refractivity contribution is -0.274. The zero-order chi connectivity index (χ0) is 16.9. The second-order valence-electron chi connectivity index (χ2n) is 4.66. The van der Waals surface area contributed by atoms with Crippen molar-refractivity contribution in [1.29, 1.82) is 0 Å². The van der Waals surface area contributed by atoms with Gasteiger partial charge in [-0.25, -0.2) is 0 Å². The lowest BCUT2D eigenvalue weighted by atomic mass is 10.1. The molecule has 1 amide bonds. The second kappa shape index (κ2) is 7.15. The van der Waals surface area contributed by atoms with Gasteiger partial charge in [-0.15, -0.1) is 13.2 Å². The monoisotopic (exact) mass is 325 g/mol. The summed E-state index contributed by atoms with van der Waals surface area (Å²) in [5.74, 6) is -0.837. The molecule has 2 aromatic carbocycles. The molecular formula is C16H14F3NO3. The Labute approximate surface area is 130 Å². The molecule has 0 spiro atoms. The maximum Gasteiger partial charge on any atom is 0.573 e. The van der Waals surface area contributed by atoms with Crippen molar-refractivity contribution in [3.05, 3.63) is 59.7 Å². The molecule has 0 aliphatic heterocycles. The van der Waals surface area contributed by atoms with Crippen LogP contribution >= 0.6 is 0 Å². The third-order valence-electron chi connectivity index (χ3n) is 2.83. The highest BCUT2D eigenvalue weighted by Crippen LogP contribution is 2.25. The Balaban J connectivity index is 2.11. The minimum atomic E-state index is -4.78. The molecule has 23 heavy (non-hydrogen) atoms. The number of ether oxygens (including phenoxy) is 2. The number of halogens is 3. The summed E-state index contributed by atoms with van der Waals surface area (Å²) in [5.41, 5.74) is 1.39. The molecule has 0 aliphatic rings. The van der Waals surface area contributed by atoms with Gasteiger partial charge in [0.25, 0.3) is 5.91 Å². The lowest BCUT2D eigenvalue weighted by Gasteiger charge is -2.11. The first-order valence-electron chi connectivity index (χ1n) is 6.62. The van der Waals surface area contributed by atoms with Gasteiger partial charge < -0.3 is 14.8 Å². The third kappa shape index (κ3) is 5.30. The number of nitrogens with one attached hydrogen (secondary N) is 1. The number of methoxy groups -OCH3 is 1. The number of alkyl halides is 3. The molecule has 7 heteroatoms. The molecule has 0 saturated heterocycles. The van der Waals surface area contributed by atoms with Crippen LogP contribution in [0.3, 0.4) is 0 Å². The van der Waals surface area contributed by atoms with Crippen LogP contribution in [0.4, 0.5) is 18.9 Å². The van der Waals surface area contributed by atoms with Crippen molar-refractivity contribution in [3.8, 4) is 5.75 Å². The average molecular weight is 325 g/mol. The van der Waals surface area contributed by atoms with Crippen molar-refractivity contribution in [2.24, 2.45) is 0 Å². The highest BCUT2D eigenvalue weighted by molar-refractivity contribution is 6.04. The summed E-state index contributed by atoms with van der Waals surface area (Å²) in [7, 11) is 1.54. The molecule has 0 saturated carbocycles. The van der Waals surface area contributed by atoms with E-state index in [0.717, 1.165) is 17.7 Å². The van der Waals surface area contributed by atoms with Crippen LogP contribution in [0.2, 0.25) is 0 Å². The van der Waals surface area contributed by atoms with Gasteiger partial charge in [-0.2, -0.15) is 0 Å². The molecule has 0 unspecified atom stereocenters. The van der Waals surface area contributed by atoms with Gasteiger partial charge in [0.2, 0.25) is 0 Å².